The van der Waals surface area contributed by atoms with Gasteiger partial charge in [0.25, 0.3) is 0 Å². The molecule has 0 aromatic rings. The molecule has 0 spiro atoms. The fraction of sp³-hybridized carbons (Fsp3) is 0.615. The van der Waals surface area contributed by atoms with E-state index in [4.69, 9.17) is 4.74 Å². The van der Waals surface area contributed by atoms with Gasteiger partial charge in [-0.25, -0.2) is 0 Å². The standard InChI is InChI=1S/C13H22O3/c1-6-8-10(11(14)9-7-2)12(15)16-13(3,4)5/h6-7,9-11,14H,1,8H2,2-5H3/b9-7+. The topological polar surface area (TPSA) is 46.5 Å². The molecule has 0 amide bonds. The molecule has 0 bridgehead atoms. The summed E-state index contributed by atoms with van der Waals surface area (Å²) in [5.74, 6) is -0.967. The number of carbonyl (C=O) groups excluding carboxylic acids is 1. The molecule has 0 aromatic carbocycles. The second-order valence-electron chi connectivity index (χ2n) is 4.68. The fourth-order valence-electron chi connectivity index (χ4n) is 1.26. The minimum absolute atomic E-state index is 0.391. The van der Waals surface area contributed by atoms with Gasteiger partial charge in [0.05, 0.1) is 12.0 Å². The molecule has 3 nitrogen and oxygen atoms in total. The van der Waals surface area contributed by atoms with Crippen molar-refractivity contribution in [1.29, 1.82) is 0 Å². The van der Waals surface area contributed by atoms with Crippen LogP contribution in [0.5, 0.6) is 0 Å². The maximum atomic E-state index is 11.8. The summed E-state index contributed by atoms with van der Waals surface area (Å²) in [6.07, 6.45) is 4.49. The lowest BCUT2D eigenvalue weighted by molar-refractivity contribution is -0.162. The quantitative estimate of drug-likeness (QED) is 0.578. The zero-order valence-electron chi connectivity index (χ0n) is 10.6. The predicted molar refractivity (Wildman–Crippen MR) is 65.0 cm³/mol. The van der Waals surface area contributed by atoms with Crippen molar-refractivity contribution < 1.29 is 14.6 Å². The third-order valence-corrected chi connectivity index (χ3v) is 1.93. The molecule has 2 atom stereocenters. The number of rotatable bonds is 5. The van der Waals surface area contributed by atoms with E-state index in [2.05, 4.69) is 6.58 Å². The molecule has 0 fully saturated rings. The largest absolute Gasteiger partial charge is 0.460 e. The molecule has 0 aliphatic heterocycles. The van der Waals surface area contributed by atoms with Crippen LogP contribution in [0, 0.1) is 5.92 Å². The first kappa shape index (κ1) is 14.9. The number of esters is 1. The van der Waals surface area contributed by atoms with Crippen molar-refractivity contribution in [3.05, 3.63) is 24.8 Å². The minimum Gasteiger partial charge on any atom is -0.460 e. The van der Waals surface area contributed by atoms with Crippen LogP contribution >= 0.6 is 0 Å². The van der Waals surface area contributed by atoms with E-state index in [1.165, 1.54) is 0 Å². The first-order chi connectivity index (χ1) is 7.31. The van der Waals surface area contributed by atoms with Crippen LogP contribution in [0.4, 0.5) is 0 Å². The highest BCUT2D eigenvalue weighted by atomic mass is 16.6. The maximum Gasteiger partial charge on any atom is 0.312 e. The highest BCUT2D eigenvalue weighted by Gasteiger charge is 2.28. The molecule has 0 radical (unpaired) electrons. The normalized spacial score (nSPS) is 15.8. The molecule has 16 heavy (non-hydrogen) atoms. The zero-order chi connectivity index (χ0) is 12.8. The Morgan fingerprint density at radius 2 is 2.06 bits per heavy atom. The van der Waals surface area contributed by atoms with Crippen LogP contribution in [0.25, 0.3) is 0 Å². The highest BCUT2D eigenvalue weighted by Crippen LogP contribution is 2.18. The molecular weight excluding hydrogens is 204 g/mol. The molecule has 3 heteroatoms. The molecule has 2 unspecified atom stereocenters. The van der Waals surface area contributed by atoms with E-state index in [9.17, 15) is 9.90 Å². The first-order valence-electron chi connectivity index (χ1n) is 5.46. The van der Waals surface area contributed by atoms with Crippen LogP contribution in [-0.2, 0) is 9.53 Å². The van der Waals surface area contributed by atoms with E-state index in [-0.39, 0.29) is 0 Å². The van der Waals surface area contributed by atoms with Crippen molar-refractivity contribution in [3.8, 4) is 0 Å². The van der Waals surface area contributed by atoms with Crippen molar-refractivity contribution in [1.82, 2.24) is 0 Å². The summed E-state index contributed by atoms with van der Waals surface area (Å²) in [7, 11) is 0. The third-order valence-electron chi connectivity index (χ3n) is 1.93. The fourth-order valence-corrected chi connectivity index (χ4v) is 1.26. The molecule has 0 saturated carbocycles. The summed E-state index contributed by atoms with van der Waals surface area (Å²) in [5, 5.41) is 9.77. The zero-order valence-corrected chi connectivity index (χ0v) is 10.6. The van der Waals surface area contributed by atoms with Crippen LogP contribution in [-0.4, -0.2) is 22.8 Å². The molecule has 0 saturated heterocycles. The van der Waals surface area contributed by atoms with E-state index >= 15 is 0 Å². The SMILES string of the molecule is C=CCC(C(=O)OC(C)(C)C)C(O)/C=C/C. The first-order valence-corrected chi connectivity index (χ1v) is 5.46. The van der Waals surface area contributed by atoms with Crippen LogP contribution in [0.3, 0.4) is 0 Å². The minimum atomic E-state index is -0.821. The molecule has 0 heterocycles. The van der Waals surface area contributed by atoms with E-state index in [1.807, 2.05) is 0 Å². The van der Waals surface area contributed by atoms with Crippen molar-refractivity contribution in [2.45, 2.75) is 45.8 Å². The van der Waals surface area contributed by atoms with Crippen LogP contribution in [0.1, 0.15) is 34.1 Å². The Hall–Kier alpha value is -1.09. The lowest BCUT2D eigenvalue weighted by Crippen LogP contribution is -2.34. The Kier molecular flexibility index (Phi) is 6.04. The van der Waals surface area contributed by atoms with Gasteiger partial charge in [-0.2, -0.15) is 0 Å². The average molecular weight is 226 g/mol. The van der Waals surface area contributed by atoms with Crippen LogP contribution in [0.2, 0.25) is 0 Å². The Balaban J connectivity index is 4.64. The summed E-state index contributed by atoms with van der Waals surface area (Å²) >= 11 is 0. The number of hydrogen-bond donors (Lipinski definition) is 1. The van der Waals surface area contributed by atoms with Gasteiger partial charge in [-0.1, -0.05) is 18.2 Å². The predicted octanol–water partition coefficient (Wildman–Crippen LogP) is 2.46. The van der Waals surface area contributed by atoms with E-state index in [0.717, 1.165) is 0 Å². The highest BCUT2D eigenvalue weighted by molar-refractivity contribution is 5.74. The average Bonchev–Trinajstić information content (AvgIpc) is 2.11. The monoisotopic (exact) mass is 226 g/mol. The van der Waals surface area contributed by atoms with Gasteiger partial charge in [-0.15, -0.1) is 6.58 Å². The number of hydrogen-bond acceptors (Lipinski definition) is 3. The van der Waals surface area contributed by atoms with E-state index in [1.54, 1.807) is 45.9 Å². The van der Waals surface area contributed by atoms with E-state index in [0.29, 0.717) is 6.42 Å². The number of carbonyl (C=O) groups is 1. The van der Waals surface area contributed by atoms with Gasteiger partial charge < -0.3 is 9.84 Å². The molecule has 0 aliphatic carbocycles. The number of aliphatic hydroxyl groups excluding tert-OH is 1. The second-order valence-corrected chi connectivity index (χ2v) is 4.68. The molecule has 92 valence electrons. The van der Waals surface area contributed by atoms with Gasteiger partial charge in [0.15, 0.2) is 0 Å². The molecule has 1 N–H and O–H groups in total. The Morgan fingerprint density at radius 1 is 1.50 bits per heavy atom. The van der Waals surface area contributed by atoms with Gasteiger partial charge in [0.2, 0.25) is 0 Å². The Morgan fingerprint density at radius 3 is 2.44 bits per heavy atom. The van der Waals surface area contributed by atoms with E-state index < -0.39 is 23.6 Å². The van der Waals surface area contributed by atoms with Crippen molar-refractivity contribution in [2.24, 2.45) is 5.92 Å². The number of ether oxygens (including phenoxy) is 1. The van der Waals surface area contributed by atoms with Crippen molar-refractivity contribution in [3.63, 3.8) is 0 Å². The Bertz CT molecular complexity index is 261. The second kappa shape index (κ2) is 6.48. The lowest BCUT2D eigenvalue weighted by Gasteiger charge is -2.25. The number of allylic oxidation sites excluding steroid dienone is 2. The van der Waals surface area contributed by atoms with Crippen molar-refractivity contribution in [2.75, 3.05) is 0 Å². The van der Waals surface area contributed by atoms with Crippen LogP contribution in [0.15, 0.2) is 24.8 Å². The van der Waals surface area contributed by atoms with Gasteiger partial charge in [-0.3, -0.25) is 4.79 Å². The summed E-state index contributed by atoms with van der Waals surface area (Å²) in [6.45, 7) is 10.8. The molecular formula is C13H22O3. The van der Waals surface area contributed by atoms with Gasteiger partial charge in [0.1, 0.15) is 5.60 Å². The molecule has 0 rings (SSSR count). The summed E-state index contributed by atoms with van der Waals surface area (Å²) in [5.41, 5.74) is -0.536. The summed E-state index contributed by atoms with van der Waals surface area (Å²) in [4.78, 5) is 11.8. The number of aliphatic hydroxyl groups is 1. The van der Waals surface area contributed by atoms with Gasteiger partial charge in [-0.05, 0) is 34.1 Å². The van der Waals surface area contributed by atoms with Crippen LogP contribution < -0.4 is 0 Å². The lowest BCUT2D eigenvalue weighted by atomic mass is 9.98. The summed E-state index contributed by atoms with van der Waals surface area (Å²) < 4.78 is 5.24. The smallest absolute Gasteiger partial charge is 0.312 e. The summed E-state index contributed by atoms with van der Waals surface area (Å²) in [6, 6.07) is 0. The third kappa shape index (κ3) is 5.71. The van der Waals surface area contributed by atoms with Gasteiger partial charge in [0, 0.05) is 0 Å². The van der Waals surface area contributed by atoms with Gasteiger partial charge >= 0.3 is 5.97 Å². The molecule has 0 aliphatic rings. The molecule has 0 aromatic heterocycles. The Labute approximate surface area is 97.8 Å². The maximum absolute atomic E-state index is 11.8. The van der Waals surface area contributed by atoms with Crippen molar-refractivity contribution >= 4 is 5.97 Å².